The number of anilines is 1. The maximum absolute atomic E-state index is 14.3. The molecule has 1 atom stereocenters. The Morgan fingerprint density at radius 1 is 0.917 bits per heavy atom. The van der Waals surface area contributed by atoms with Gasteiger partial charge >= 0.3 is 18.5 Å². The summed E-state index contributed by atoms with van der Waals surface area (Å²) in [6.07, 6.45) is -15.3. The normalized spacial score (nSPS) is 19.0. The van der Waals surface area contributed by atoms with Crippen LogP contribution in [0.1, 0.15) is 41.2 Å². The second-order valence-corrected chi connectivity index (χ2v) is 8.63. The van der Waals surface area contributed by atoms with E-state index in [0.717, 1.165) is 19.1 Å². The van der Waals surface area contributed by atoms with Crippen LogP contribution in [0.4, 0.5) is 49.6 Å². The van der Waals surface area contributed by atoms with E-state index < -0.39 is 71.9 Å². The number of nitrogens with one attached hydrogen (secondary N) is 1. The number of nitrogens with zero attached hydrogens (tertiary/aromatic N) is 1. The Morgan fingerprint density at radius 3 is 1.97 bits per heavy atom. The quantitative estimate of drug-likeness (QED) is 0.448. The summed E-state index contributed by atoms with van der Waals surface area (Å²) in [5.41, 5.74) is -6.88. The molecule has 1 unspecified atom stereocenters. The molecule has 2 aromatic rings. The number of rotatable bonds is 5. The first kappa shape index (κ1) is 27.6. The molecule has 3 rings (SSSR count). The molecule has 13 heteroatoms. The van der Waals surface area contributed by atoms with Gasteiger partial charge in [-0.15, -0.1) is 0 Å². The van der Waals surface area contributed by atoms with Crippen molar-refractivity contribution < 1.29 is 48.7 Å². The summed E-state index contributed by atoms with van der Waals surface area (Å²) in [7, 11) is 0. The van der Waals surface area contributed by atoms with Crippen LogP contribution in [-0.4, -0.2) is 25.7 Å². The van der Waals surface area contributed by atoms with E-state index in [4.69, 9.17) is 0 Å². The Labute approximate surface area is 199 Å². The summed E-state index contributed by atoms with van der Waals surface area (Å²) in [5, 5.41) is 2.26. The van der Waals surface area contributed by atoms with E-state index in [1.54, 1.807) is 0 Å². The molecule has 1 amide bonds. The summed E-state index contributed by atoms with van der Waals surface area (Å²) in [5.74, 6) is -0.557. The fraction of sp³-hybridized carbons (Fsp3) is 0.435. The van der Waals surface area contributed by atoms with Crippen molar-refractivity contribution in [2.75, 3.05) is 24.7 Å². The van der Waals surface area contributed by atoms with Crippen LogP contribution in [-0.2, 0) is 35.3 Å². The van der Waals surface area contributed by atoms with Crippen LogP contribution in [0.5, 0.6) is 0 Å². The van der Waals surface area contributed by atoms with Gasteiger partial charge in [-0.1, -0.05) is 6.07 Å². The summed E-state index contributed by atoms with van der Waals surface area (Å²) >= 11 is 0. The van der Waals surface area contributed by atoms with E-state index in [0.29, 0.717) is 12.1 Å². The largest absolute Gasteiger partial charge is 0.416 e. The smallest absolute Gasteiger partial charge is 0.370 e. The van der Waals surface area contributed by atoms with Crippen molar-refractivity contribution >= 4 is 11.6 Å². The molecule has 1 N–H and O–H groups in total. The number of hydrogen-bond acceptors (Lipinski definition) is 2. The molecule has 3 nitrogen and oxygen atoms in total. The Balaban J connectivity index is 2.01. The first-order valence-electron chi connectivity index (χ1n) is 10.5. The first-order chi connectivity index (χ1) is 16.5. The average molecular weight is 530 g/mol. The molecule has 36 heavy (non-hydrogen) atoms. The maximum Gasteiger partial charge on any atom is 0.416 e. The van der Waals surface area contributed by atoms with Crippen molar-refractivity contribution in [2.24, 2.45) is 0 Å². The number of halogens is 10. The molecule has 0 spiro atoms. The van der Waals surface area contributed by atoms with E-state index >= 15 is 0 Å². The minimum atomic E-state index is -5.13. The fourth-order valence-electron chi connectivity index (χ4n) is 4.17. The summed E-state index contributed by atoms with van der Waals surface area (Å²) in [4.78, 5) is 12.4. The molecular formula is C23H20F10N2O. The molecule has 1 aliphatic rings. The lowest BCUT2D eigenvalue weighted by atomic mass is 9.79. The Bertz CT molecular complexity index is 1090. The summed E-state index contributed by atoms with van der Waals surface area (Å²) < 4.78 is 135. The third-order valence-electron chi connectivity index (χ3n) is 6.10. The van der Waals surface area contributed by atoms with Gasteiger partial charge in [0.1, 0.15) is 6.67 Å². The number of hydrogen-bond donors (Lipinski definition) is 1. The molecule has 0 saturated carbocycles. The molecule has 1 fully saturated rings. The molecule has 2 aromatic carbocycles. The molecule has 0 bridgehead atoms. The van der Waals surface area contributed by atoms with Crippen LogP contribution < -0.4 is 10.2 Å². The lowest BCUT2D eigenvalue weighted by Gasteiger charge is -2.29. The van der Waals surface area contributed by atoms with Crippen LogP contribution in [0.25, 0.3) is 0 Å². The maximum atomic E-state index is 14.3. The summed E-state index contributed by atoms with van der Waals surface area (Å²) in [6, 6.07) is 3.99. The highest BCUT2D eigenvalue weighted by Gasteiger charge is 2.44. The molecule has 1 saturated heterocycles. The third-order valence-corrected chi connectivity index (χ3v) is 6.10. The number of benzene rings is 2. The lowest BCUT2D eigenvalue weighted by molar-refractivity contribution is -0.143. The Kier molecular flexibility index (Phi) is 7.26. The van der Waals surface area contributed by atoms with Crippen molar-refractivity contribution in [1.29, 1.82) is 0 Å². The van der Waals surface area contributed by atoms with Gasteiger partial charge in [0.25, 0.3) is 0 Å². The van der Waals surface area contributed by atoms with Crippen LogP contribution in [0.15, 0.2) is 36.4 Å². The van der Waals surface area contributed by atoms with E-state index in [1.165, 1.54) is 11.0 Å². The summed E-state index contributed by atoms with van der Waals surface area (Å²) in [6.45, 7) is -1.16. The van der Waals surface area contributed by atoms with Gasteiger partial charge < -0.3 is 10.2 Å². The first-order valence-corrected chi connectivity index (χ1v) is 10.5. The van der Waals surface area contributed by atoms with Gasteiger partial charge in [0.15, 0.2) is 0 Å². The molecule has 1 aliphatic heterocycles. The predicted octanol–water partition coefficient (Wildman–Crippen LogP) is 6.50. The number of alkyl halides is 10. The highest BCUT2D eigenvalue weighted by atomic mass is 19.4. The highest BCUT2D eigenvalue weighted by molar-refractivity contribution is 5.73. The zero-order valence-corrected chi connectivity index (χ0v) is 18.6. The lowest BCUT2D eigenvalue weighted by Crippen LogP contribution is -2.34. The Hall–Kier alpha value is -2.99. The second-order valence-electron chi connectivity index (χ2n) is 8.63. The van der Waals surface area contributed by atoms with E-state index in [1.807, 2.05) is 0 Å². The van der Waals surface area contributed by atoms with Crippen molar-refractivity contribution in [3.63, 3.8) is 0 Å². The van der Waals surface area contributed by atoms with Crippen LogP contribution in [0.3, 0.4) is 0 Å². The number of amides is 1. The van der Waals surface area contributed by atoms with Gasteiger partial charge in [-0.2, -0.15) is 39.5 Å². The van der Waals surface area contributed by atoms with Gasteiger partial charge in [-0.05, 0) is 47.9 Å². The molecule has 0 aromatic heterocycles. The highest BCUT2D eigenvalue weighted by Crippen LogP contribution is 2.44. The van der Waals surface area contributed by atoms with Gasteiger partial charge in [-0.3, -0.25) is 9.18 Å². The van der Waals surface area contributed by atoms with Gasteiger partial charge in [0.2, 0.25) is 5.91 Å². The average Bonchev–Trinajstić information content (AvgIpc) is 3.21. The number of carbonyl (C=O) groups is 1. The predicted molar refractivity (Wildman–Crippen MR) is 110 cm³/mol. The minimum Gasteiger partial charge on any atom is -0.370 e. The molecule has 1 heterocycles. The van der Waals surface area contributed by atoms with Crippen molar-refractivity contribution in [3.05, 3.63) is 64.2 Å². The molecular weight excluding hydrogens is 510 g/mol. The minimum absolute atomic E-state index is 0.0350. The van der Waals surface area contributed by atoms with Crippen LogP contribution >= 0.6 is 0 Å². The molecule has 0 radical (unpaired) electrons. The monoisotopic (exact) mass is 530 g/mol. The van der Waals surface area contributed by atoms with E-state index in [2.05, 4.69) is 5.32 Å². The fourth-order valence-corrected chi connectivity index (χ4v) is 4.17. The van der Waals surface area contributed by atoms with E-state index in [-0.39, 0.29) is 30.3 Å². The Morgan fingerprint density at radius 2 is 1.50 bits per heavy atom. The van der Waals surface area contributed by atoms with Crippen molar-refractivity contribution in [2.45, 2.75) is 43.8 Å². The molecule has 0 aliphatic carbocycles. The van der Waals surface area contributed by atoms with E-state index in [9.17, 15) is 48.7 Å². The second kappa shape index (κ2) is 9.47. The zero-order valence-electron chi connectivity index (χ0n) is 18.6. The van der Waals surface area contributed by atoms with Crippen molar-refractivity contribution in [1.82, 2.24) is 5.32 Å². The third kappa shape index (κ3) is 5.86. The topological polar surface area (TPSA) is 32.3 Å². The molecule has 198 valence electrons. The van der Waals surface area contributed by atoms with Gasteiger partial charge in [0, 0.05) is 37.7 Å². The van der Waals surface area contributed by atoms with Crippen molar-refractivity contribution in [3.8, 4) is 0 Å². The number of carbonyl (C=O) groups excluding carboxylic acids is 1. The van der Waals surface area contributed by atoms with Gasteiger partial charge in [-0.25, -0.2) is 0 Å². The van der Waals surface area contributed by atoms with Crippen LogP contribution in [0, 0.1) is 0 Å². The standard InChI is InChI=1S/C23H20F10N2O/c1-13(36)34-10-14-2-3-18(9-19(14)23(31,32)33)35-5-4-20(11-24,12-35)15-6-16(21(25,26)27)8-17(7-15)22(28,29)30/h2-3,6-9H,4-5,10-12H2,1H3,(H,34,36). The van der Waals surface area contributed by atoms with Gasteiger partial charge in [0.05, 0.1) is 16.7 Å². The zero-order chi connectivity index (χ0) is 27.1. The SMILES string of the molecule is CC(=O)NCc1ccc(N2CCC(CF)(c3cc(C(F)(F)F)cc(C(F)(F)F)c3)C2)cc1C(F)(F)F. The van der Waals surface area contributed by atoms with Crippen LogP contribution in [0.2, 0.25) is 0 Å².